The Kier molecular flexibility index (Phi) is 2.05. The van der Waals surface area contributed by atoms with Crippen LogP contribution in [0.15, 0.2) is 33.6 Å². The van der Waals surface area contributed by atoms with Gasteiger partial charge in [-0.05, 0) is 18.2 Å². The van der Waals surface area contributed by atoms with Crippen molar-refractivity contribution in [2.24, 2.45) is 15.4 Å². The SMILES string of the molecule is [CH2-][NH+]1N=NC(c2ccc(F)c(F)c2)=N1. The van der Waals surface area contributed by atoms with E-state index in [1.807, 2.05) is 0 Å². The van der Waals surface area contributed by atoms with Crippen LogP contribution in [0.4, 0.5) is 8.78 Å². The second kappa shape index (κ2) is 3.22. The zero-order chi connectivity index (χ0) is 10.1. The maximum absolute atomic E-state index is 12.8. The zero-order valence-electron chi connectivity index (χ0n) is 7.04. The Labute approximate surface area is 78.5 Å². The summed E-state index contributed by atoms with van der Waals surface area (Å²) in [6.45, 7) is 0. The molecule has 6 heteroatoms. The Morgan fingerprint density at radius 3 is 2.57 bits per heavy atom. The lowest BCUT2D eigenvalue weighted by molar-refractivity contribution is -0.868. The highest BCUT2D eigenvalue weighted by Crippen LogP contribution is 2.10. The number of amidine groups is 1. The molecule has 1 aliphatic heterocycles. The van der Waals surface area contributed by atoms with E-state index < -0.39 is 11.6 Å². The van der Waals surface area contributed by atoms with Crippen LogP contribution < -0.4 is 5.12 Å². The molecule has 4 nitrogen and oxygen atoms in total. The third-order valence-electron chi connectivity index (χ3n) is 1.67. The number of quaternary nitrogens is 1. The number of nitrogens with one attached hydrogen (secondary N) is 1. The monoisotopic (exact) mass is 196 g/mol. The van der Waals surface area contributed by atoms with Gasteiger partial charge in [-0.2, -0.15) is 5.12 Å². The Morgan fingerprint density at radius 2 is 2.00 bits per heavy atom. The molecule has 0 saturated carbocycles. The van der Waals surface area contributed by atoms with Gasteiger partial charge in [0.2, 0.25) is 5.84 Å². The van der Waals surface area contributed by atoms with Crippen molar-refractivity contribution < 1.29 is 13.9 Å². The smallest absolute Gasteiger partial charge is 0.204 e. The quantitative estimate of drug-likeness (QED) is 0.642. The molecule has 1 aromatic rings. The minimum Gasteiger partial charge on any atom is -0.204 e. The molecule has 1 N–H and O–H groups in total. The lowest BCUT2D eigenvalue weighted by Gasteiger charge is -1.97. The average molecular weight is 196 g/mol. The Morgan fingerprint density at radius 1 is 1.21 bits per heavy atom. The molecule has 14 heavy (non-hydrogen) atoms. The highest BCUT2D eigenvalue weighted by Gasteiger charge is 2.13. The molecule has 1 unspecified atom stereocenters. The van der Waals surface area contributed by atoms with E-state index >= 15 is 0 Å². The van der Waals surface area contributed by atoms with E-state index in [2.05, 4.69) is 22.5 Å². The van der Waals surface area contributed by atoms with Crippen molar-refractivity contribution in [2.45, 2.75) is 0 Å². The van der Waals surface area contributed by atoms with E-state index in [1.54, 1.807) is 0 Å². The van der Waals surface area contributed by atoms with Gasteiger partial charge >= 0.3 is 0 Å². The van der Waals surface area contributed by atoms with Crippen LogP contribution in [0.2, 0.25) is 0 Å². The molecule has 0 amide bonds. The summed E-state index contributed by atoms with van der Waals surface area (Å²) in [4.78, 5) is 0. The second-order valence-electron chi connectivity index (χ2n) is 2.68. The van der Waals surface area contributed by atoms with E-state index in [-0.39, 0.29) is 11.0 Å². The minimum absolute atomic E-state index is 0.244. The van der Waals surface area contributed by atoms with E-state index in [0.717, 1.165) is 12.1 Å². The second-order valence-corrected chi connectivity index (χ2v) is 2.68. The van der Waals surface area contributed by atoms with Crippen molar-refractivity contribution in [3.63, 3.8) is 0 Å². The summed E-state index contributed by atoms with van der Waals surface area (Å²) in [5.74, 6) is -1.59. The van der Waals surface area contributed by atoms with Gasteiger partial charge in [0.15, 0.2) is 11.6 Å². The molecule has 0 aromatic heterocycles. The predicted molar refractivity (Wildman–Crippen MR) is 44.1 cm³/mol. The van der Waals surface area contributed by atoms with Crippen molar-refractivity contribution in [3.05, 3.63) is 42.4 Å². The first kappa shape index (κ1) is 8.89. The van der Waals surface area contributed by atoms with Gasteiger partial charge in [0, 0.05) is 10.8 Å². The highest BCUT2D eigenvalue weighted by molar-refractivity contribution is 5.98. The summed E-state index contributed by atoms with van der Waals surface area (Å²) in [5, 5.41) is 11.3. The van der Waals surface area contributed by atoms with E-state index in [0.29, 0.717) is 5.56 Å². The maximum atomic E-state index is 12.8. The van der Waals surface area contributed by atoms with Crippen molar-refractivity contribution in [1.82, 2.24) is 0 Å². The molecule has 72 valence electrons. The molecule has 0 spiro atoms. The molecule has 1 atom stereocenters. The van der Waals surface area contributed by atoms with Gasteiger partial charge < -0.3 is 0 Å². The van der Waals surface area contributed by atoms with E-state index in [1.165, 1.54) is 6.07 Å². The molecule has 2 rings (SSSR count). The van der Waals surface area contributed by atoms with Crippen molar-refractivity contribution in [3.8, 4) is 0 Å². The first-order chi connectivity index (χ1) is 6.66. The third kappa shape index (κ3) is 1.51. The molecule has 0 fully saturated rings. The fourth-order valence-corrected chi connectivity index (χ4v) is 1.03. The van der Waals surface area contributed by atoms with E-state index in [9.17, 15) is 8.78 Å². The Hall–Kier alpha value is -1.69. The summed E-state index contributed by atoms with van der Waals surface area (Å²) in [7, 11) is 3.45. The first-order valence-electron chi connectivity index (χ1n) is 3.81. The average Bonchev–Trinajstić information content (AvgIpc) is 2.57. The van der Waals surface area contributed by atoms with E-state index in [4.69, 9.17) is 0 Å². The van der Waals surface area contributed by atoms with Crippen LogP contribution in [0, 0.1) is 18.7 Å². The first-order valence-corrected chi connectivity index (χ1v) is 3.81. The van der Waals surface area contributed by atoms with Gasteiger partial charge in [-0.3, -0.25) is 0 Å². The predicted octanol–water partition coefficient (Wildman–Crippen LogP) is 0.684. The largest absolute Gasteiger partial charge is 0.241 e. The fourth-order valence-electron chi connectivity index (χ4n) is 1.03. The number of nitrogens with zero attached hydrogens (tertiary/aromatic N) is 3. The normalized spacial score (nSPS) is 19.9. The standard InChI is InChI=1S/C8H6F2N4/c1-14-12-8(11-13-14)5-2-3-6(9)7(10)4-5/h2-4,14H,1H2. The van der Waals surface area contributed by atoms with Gasteiger partial charge in [0.05, 0.1) is 0 Å². The molecular weight excluding hydrogens is 190 g/mol. The Balaban J connectivity index is 2.39. The van der Waals surface area contributed by atoms with Gasteiger partial charge in [-0.15, -0.1) is 0 Å². The molecule has 1 aromatic carbocycles. The third-order valence-corrected chi connectivity index (χ3v) is 1.67. The van der Waals surface area contributed by atoms with Crippen molar-refractivity contribution >= 4 is 5.84 Å². The number of hydrogen-bond acceptors (Lipinski definition) is 3. The van der Waals surface area contributed by atoms with Crippen LogP contribution in [-0.2, 0) is 0 Å². The van der Waals surface area contributed by atoms with Crippen LogP contribution in [0.25, 0.3) is 0 Å². The van der Waals surface area contributed by atoms with Crippen LogP contribution in [0.5, 0.6) is 0 Å². The topological polar surface area (TPSA) is 41.5 Å². The minimum atomic E-state index is -0.932. The zero-order valence-corrected chi connectivity index (χ0v) is 7.04. The van der Waals surface area contributed by atoms with Gasteiger partial charge in [0.1, 0.15) is 0 Å². The summed E-state index contributed by atoms with van der Waals surface area (Å²) < 4.78 is 25.4. The van der Waals surface area contributed by atoms with Crippen molar-refractivity contribution in [2.75, 3.05) is 0 Å². The van der Waals surface area contributed by atoms with Gasteiger partial charge in [-0.25, -0.2) is 8.78 Å². The van der Waals surface area contributed by atoms with Gasteiger partial charge in [0.25, 0.3) is 0 Å². The fraction of sp³-hybridized carbons (Fsp3) is 0. The van der Waals surface area contributed by atoms with Crippen LogP contribution in [0.1, 0.15) is 5.56 Å². The number of hydrogen-bond donors (Lipinski definition) is 1. The van der Waals surface area contributed by atoms with Crippen molar-refractivity contribution in [1.29, 1.82) is 0 Å². The molecule has 1 aliphatic rings. The molecule has 0 aliphatic carbocycles. The summed E-state index contributed by atoms with van der Waals surface area (Å²) in [6, 6.07) is 3.42. The number of halogens is 2. The Bertz CT molecular complexity index is 427. The molecule has 1 heterocycles. The van der Waals surface area contributed by atoms with Crippen LogP contribution >= 0.6 is 0 Å². The number of rotatable bonds is 1. The number of benzene rings is 1. The van der Waals surface area contributed by atoms with Gasteiger partial charge in [-0.1, -0.05) is 17.3 Å². The molecule has 0 radical (unpaired) electrons. The van der Waals surface area contributed by atoms with Crippen LogP contribution in [-0.4, -0.2) is 5.84 Å². The summed E-state index contributed by atoms with van der Waals surface area (Å²) in [6.07, 6.45) is 0. The highest BCUT2D eigenvalue weighted by atomic mass is 19.2. The maximum Gasteiger partial charge on any atom is 0.241 e. The van der Waals surface area contributed by atoms with Crippen LogP contribution in [0.3, 0.4) is 0 Å². The lowest BCUT2D eigenvalue weighted by Crippen LogP contribution is -2.95. The molecule has 0 saturated heterocycles. The lowest BCUT2D eigenvalue weighted by atomic mass is 10.2. The molecular formula is C8H6F2N4. The summed E-state index contributed by atoms with van der Waals surface area (Å²) in [5.41, 5.74) is 0.381. The summed E-state index contributed by atoms with van der Waals surface area (Å²) >= 11 is 0. The molecule has 0 bridgehead atoms.